The SMILES string of the molecule is CCCNC(CN(CCC)C(C)C)C(=O)OCC. The quantitative estimate of drug-likeness (QED) is 0.609. The predicted molar refractivity (Wildman–Crippen MR) is 75.7 cm³/mol. The Kier molecular flexibility index (Phi) is 9.98. The number of hydrogen-bond donors (Lipinski definition) is 1. The lowest BCUT2D eigenvalue weighted by molar-refractivity contribution is -0.146. The summed E-state index contributed by atoms with van der Waals surface area (Å²) in [5.74, 6) is -0.132. The van der Waals surface area contributed by atoms with E-state index in [9.17, 15) is 4.79 Å². The van der Waals surface area contributed by atoms with Crippen LogP contribution in [0, 0.1) is 0 Å². The Morgan fingerprint density at radius 2 is 1.89 bits per heavy atom. The van der Waals surface area contributed by atoms with Crippen molar-refractivity contribution in [1.82, 2.24) is 10.2 Å². The van der Waals surface area contributed by atoms with Gasteiger partial charge in [0.05, 0.1) is 6.61 Å². The number of ether oxygens (including phenoxy) is 1. The Morgan fingerprint density at radius 1 is 1.22 bits per heavy atom. The van der Waals surface area contributed by atoms with Gasteiger partial charge in [0.2, 0.25) is 0 Å². The van der Waals surface area contributed by atoms with Crippen molar-refractivity contribution in [2.45, 2.75) is 59.5 Å². The number of nitrogens with one attached hydrogen (secondary N) is 1. The van der Waals surface area contributed by atoms with Crippen LogP contribution in [0.2, 0.25) is 0 Å². The fourth-order valence-electron chi connectivity index (χ4n) is 1.87. The maximum Gasteiger partial charge on any atom is 0.324 e. The summed E-state index contributed by atoms with van der Waals surface area (Å²) in [6, 6.07) is 0.240. The van der Waals surface area contributed by atoms with Crippen molar-refractivity contribution in [3.8, 4) is 0 Å². The Hall–Kier alpha value is -0.610. The highest BCUT2D eigenvalue weighted by molar-refractivity contribution is 5.76. The van der Waals surface area contributed by atoms with Crippen LogP contribution in [0.1, 0.15) is 47.5 Å². The first-order valence-corrected chi connectivity index (χ1v) is 7.20. The third kappa shape index (κ3) is 6.97. The average Bonchev–Trinajstić information content (AvgIpc) is 2.33. The van der Waals surface area contributed by atoms with Crippen molar-refractivity contribution < 1.29 is 9.53 Å². The molecule has 0 aromatic carbocycles. The van der Waals surface area contributed by atoms with Crippen molar-refractivity contribution >= 4 is 5.97 Å². The van der Waals surface area contributed by atoms with Gasteiger partial charge >= 0.3 is 5.97 Å². The van der Waals surface area contributed by atoms with Crippen LogP contribution in [-0.2, 0) is 9.53 Å². The molecule has 1 N–H and O–H groups in total. The molecule has 0 spiro atoms. The zero-order valence-corrected chi connectivity index (χ0v) is 12.7. The van der Waals surface area contributed by atoms with Gasteiger partial charge in [0.15, 0.2) is 0 Å². The minimum Gasteiger partial charge on any atom is -0.465 e. The van der Waals surface area contributed by atoms with E-state index in [1.807, 2.05) is 6.92 Å². The molecule has 108 valence electrons. The van der Waals surface area contributed by atoms with E-state index in [1.54, 1.807) is 0 Å². The standard InChI is InChI=1S/C14H30N2O2/c1-6-9-15-13(14(17)18-8-3)11-16(10-7-2)12(4)5/h12-13,15H,6-11H2,1-5H3. The topological polar surface area (TPSA) is 41.6 Å². The molecule has 0 radical (unpaired) electrons. The summed E-state index contributed by atoms with van der Waals surface area (Å²) < 4.78 is 5.13. The lowest BCUT2D eigenvalue weighted by Gasteiger charge is -2.29. The molecule has 0 rings (SSSR count). The van der Waals surface area contributed by atoms with Crippen molar-refractivity contribution in [1.29, 1.82) is 0 Å². The molecular formula is C14H30N2O2. The minimum absolute atomic E-state index is 0.132. The lowest BCUT2D eigenvalue weighted by Crippen LogP contribution is -2.49. The van der Waals surface area contributed by atoms with Gasteiger partial charge in [-0.2, -0.15) is 0 Å². The van der Waals surface area contributed by atoms with Gasteiger partial charge < -0.3 is 10.1 Å². The molecular weight excluding hydrogens is 228 g/mol. The molecule has 0 fully saturated rings. The zero-order valence-electron chi connectivity index (χ0n) is 12.7. The number of rotatable bonds is 10. The summed E-state index contributed by atoms with van der Waals surface area (Å²) in [5, 5.41) is 3.28. The van der Waals surface area contributed by atoms with Crippen LogP contribution >= 0.6 is 0 Å². The molecule has 0 heterocycles. The second kappa shape index (κ2) is 10.3. The largest absolute Gasteiger partial charge is 0.465 e. The van der Waals surface area contributed by atoms with Crippen LogP contribution in [0.25, 0.3) is 0 Å². The van der Waals surface area contributed by atoms with Gasteiger partial charge in [0.25, 0.3) is 0 Å². The van der Waals surface area contributed by atoms with Crippen LogP contribution in [0.15, 0.2) is 0 Å². The highest BCUT2D eigenvalue weighted by Crippen LogP contribution is 2.03. The maximum atomic E-state index is 11.9. The van der Waals surface area contributed by atoms with E-state index in [2.05, 4.69) is 37.9 Å². The second-order valence-corrected chi connectivity index (χ2v) is 4.85. The molecule has 1 unspecified atom stereocenters. The molecule has 0 bridgehead atoms. The molecule has 0 aliphatic rings. The Bertz CT molecular complexity index is 220. The monoisotopic (exact) mass is 258 g/mol. The van der Waals surface area contributed by atoms with E-state index in [-0.39, 0.29) is 12.0 Å². The van der Waals surface area contributed by atoms with Gasteiger partial charge in [-0.05, 0) is 46.7 Å². The third-order valence-electron chi connectivity index (χ3n) is 2.87. The summed E-state index contributed by atoms with van der Waals surface area (Å²) in [5.41, 5.74) is 0. The summed E-state index contributed by atoms with van der Waals surface area (Å²) in [7, 11) is 0. The third-order valence-corrected chi connectivity index (χ3v) is 2.87. The normalized spacial score (nSPS) is 13.1. The molecule has 4 nitrogen and oxygen atoms in total. The molecule has 1 atom stereocenters. The molecule has 0 aliphatic carbocycles. The van der Waals surface area contributed by atoms with Gasteiger partial charge in [0, 0.05) is 12.6 Å². The van der Waals surface area contributed by atoms with Gasteiger partial charge in [-0.25, -0.2) is 0 Å². The van der Waals surface area contributed by atoms with Crippen molar-refractivity contribution in [2.24, 2.45) is 0 Å². The van der Waals surface area contributed by atoms with E-state index >= 15 is 0 Å². The van der Waals surface area contributed by atoms with Crippen LogP contribution in [-0.4, -0.2) is 49.2 Å². The average molecular weight is 258 g/mol. The van der Waals surface area contributed by atoms with Crippen LogP contribution in [0.5, 0.6) is 0 Å². The van der Waals surface area contributed by atoms with E-state index < -0.39 is 0 Å². The van der Waals surface area contributed by atoms with Crippen LogP contribution in [0.4, 0.5) is 0 Å². The number of esters is 1. The summed E-state index contributed by atoms with van der Waals surface area (Å²) in [6.07, 6.45) is 2.12. The van der Waals surface area contributed by atoms with Crippen molar-refractivity contribution in [2.75, 3.05) is 26.2 Å². The molecule has 0 aliphatic heterocycles. The highest BCUT2D eigenvalue weighted by Gasteiger charge is 2.23. The fourth-order valence-corrected chi connectivity index (χ4v) is 1.87. The first-order valence-electron chi connectivity index (χ1n) is 7.20. The zero-order chi connectivity index (χ0) is 14.0. The smallest absolute Gasteiger partial charge is 0.324 e. The molecule has 0 amide bonds. The van der Waals surface area contributed by atoms with Crippen LogP contribution < -0.4 is 5.32 Å². The van der Waals surface area contributed by atoms with Gasteiger partial charge in [-0.3, -0.25) is 9.69 Å². The van der Waals surface area contributed by atoms with Crippen molar-refractivity contribution in [3.05, 3.63) is 0 Å². The van der Waals surface area contributed by atoms with Gasteiger partial charge in [-0.1, -0.05) is 13.8 Å². The van der Waals surface area contributed by atoms with E-state index in [0.29, 0.717) is 12.6 Å². The summed E-state index contributed by atoms with van der Waals surface area (Å²) in [6.45, 7) is 13.5. The first-order chi connectivity index (χ1) is 8.56. The molecule has 0 aromatic heterocycles. The lowest BCUT2D eigenvalue weighted by atomic mass is 10.2. The molecule has 4 heteroatoms. The number of carbonyl (C=O) groups is 1. The number of nitrogens with zero attached hydrogens (tertiary/aromatic N) is 1. The number of hydrogen-bond acceptors (Lipinski definition) is 4. The highest BCUT2D eigenvalue weighted by atomic mass is 16.5. The predicted octanol–water partition coefficient (Wildman–Crippen LogP) is 2.04. The fraction of sp³-hybridized carbons (Fsp3) is 0.929. The van der Waals surface area contributed by atoms with E-state index in [1.165, 1.54) is 0 Å². The summed E-state index contributed by atoms with van der Waals surface area (Å²) >= 11 is 0. The minimum atomic E-state index is -0.209. The van der Waals surface area contributed by atoms with Gasteiger partial charge in [-0.15, -0.1) is 0 Å². The maximum absolute atomic E-state index is 11.9. The Balaban J connectivity index is 4.47. The molecule has 0 aromatic rings. The molecule has 0 saturated heterocycles. The Labute approximate surface area is 112 Å². The second-order valence-electron chi connectivity index (χ2n) is 4.85. The molecule has 0 saturated carbocycles. The molecule has 18 heavy (non-hydrogen) atoms. The summed E-state index contributed by atoms with van der Waals surface area (Å²) in [4.78, 5) is 14.2. The first kappa shape index (κ1) is 17.4. The van der Waals surface area contributed by atoms with E-state index in [0.717, 1.165) is 32.5 Å². The number of carbonyl (C=O) groups excluding carboxylic acids is 1. The van der Waals surface area contributed by atoms with Crippen molar-refractivity contribution in [3.63, 3.8) is 0 Å². The Morgan fingerprint density at radius 3 is 2.33 bits per heavy atom. The van der Waals surface area contributed by atoms with Gasteiger partial charge in [0.1, 0.15) is 6.04 Å². The van der Waals surface area contributed by atoms with E-state index in [4.69, 9.17) is 4.74 Å². The van der Waals surface area contributed by atoms with Crippen LogP contribution in [0.3, 0.4) is 0 Å².